The molecule has 0 spiro atoms. The van der Waals surface area contributed by atoms with Crippen molar-refractivity contribution in [2.24, 2.45) is 5.41 Å². The van der Waals surface area contributed by atoms with Crippen LogP contribution in [0.4, 0.5) is 0 Å². The van der Waals surface area contributed by atoms with Crippen molar-refractivity contribution >= 4 is 10.0 Å². The van der Waals surface area contributed by atoms with E-state index in [2.05, 4.69) is 30.4 Å². The van der Waals surface area contributed by atoms with E-state index < -0.39 is 10.0 Å². The fourth-order valence-corrected chi connectivity index (χ4v) is 3.04. The zero-order valence-electron chi connectivity index (χ0n) is 11.5. The van der Waals surface area contributed by atoms with E-state index in [1.165, 1.54) is 12.8 Å². The van der Waals surface area contributed by atoms with Gasteiger partial charge < -0.3 is 4.90 Å². The van der Waals surface area contributed by atoms with E-state index in [1.54, 1.807) is 6.92 Å². The molecule has 4 nitrogen and oxygen atoms in total. The van der Waals surface area contributed by atoms with Gasteiger partial charge in [-0.1, -0.05) is 20.8 Å². The Morgan fingerprint density at radius 2 is 1.76 bits per heavy atom. The van der Waals surface area contributed by atoms with Crippen LogP contribution < -0.4 is 4.72 Å². The molecule has 1 N–H and O–H groups in total. The average Bonchev–Trinajstić information content (AvgIpc) is 2.68. The molecule has 0 aromatic rings. The van der Waals surface area contributed by atoms with Crippen LogP contribution in [-0.2, 0) is 10.0 Å². The van der Waals surface area contributed by atoms with Gasteiger partial charge in [-0.3, -0.25) is 0 Å². The number of hydrogen-bond donors (Lipinski definition) is 1. The third-order valence-electron chi connectivity index (χ3n) is 3.39. The lowest BCUT2D eigenvalue weighted by Gasteiger charge is -2.34. The van der Waals surface area contributed by atoms with Gasteiger partial charge in [0.2, 0.25) is 10.0 Å². The number of rotatable bonds is 5. The second kappa shape index (κ2) is 5.67. The van der Waals surface area contributed by atoms with E-state index >= 15 is 0 Å². The van der Waals surface area contributed by atoms with Gasteiger partial charge in [0.05, 0.1) is 5.75 Å². The number of sulfonamides is 1. The summed E-state index contributed by atoms with van der Waals surface area (Å²) in [6.45, 7) is 11.0. The molecule has 0 bridgehead atoms. The molecule has 0 saturated carbocycles. The molecule has 1 aliphatic heterocycles. The van der Waals surface area contributed by atoms with Gasteiger partial charge in [-0.25, -0.2) is 13.1 Å². The van der Waals surface area contributed by atoms with Crippen LogP contribution in [0.15, 0.2) is 0 Å². The van der Waals surface area contributed by atoms with Gasteiger partial charge in [0.15, 0.2) is 0 Å². The first-order valence-corrected chi connectivity index (χ1v) is 8.12. The standard InChI is InChI=1S/C12H26N2O2S/c1-5-17(15,16)13-11(12(2,3)4)10-14-8-6-7-9-14/h11,13H,5-10H2,1-4H3. The molecular weight excluding hydrogens is 236 g/mol. The minimum absolute atomic E-state index is 0.00875. The number of hydrogen-bond acceptors (Lipinski definition) is 3. The van der Waals surface area contributed by atoms with Crippen molar-refractivity contribution in [3.63, 3.8) is 0 Å². The second-order valence-electron chi connectivity index (χ2n) is 5.95. The zero-order valence-corrected chi connectivity index (χ0v) is 12.3. The molecule has 0 aliphatic carbocycles. The fraction of sp³-hybridized carbons (Fsp3) is 1.00. The topological polar surface area (TPSA) is 49.4 Å². The smallest absolute Gasteiger partial charge is 0.211 e. The molecule has 1 atom stereocenters. The summed E-state index contributed by atoms with van der Waals surface area (Å²) >= 11 is 0. The summed E-state index contributed by atoms with van der Waals surface area (Å²) in [5, 5.41) is 0. The lowest BCUT2D eigenvalue weighted by Crippen LogP contribution is -2.50. The van der Waals surface area contributed by atoms with Crippen LogP contribution in [0, 0.1) is 5.41 Å². The van der Waals surface area contributed by atoms with Gasteiger partial charge in [-0.05, 0) is 38.3 Å². The first-order valence-electron chi connectivity index (χ1n) is 6.47. The molecule has 1 unspecified atom stereocenters. The number of nitrogens with one attached hydrogen (secondary N) is 1. The second-order valence-corrected chi connectivity index (χ2v) is 7.99. The van der Waals surface area contributed by atoms with Gasteiger partial charge in [-0.15, -0.1) is 0 Å². The van der Waals surface area contributed by atoms with Crippen molar-refractivity contribution in [2.75, 3.05) is 25.4 Å². The Balaban J connectivity index is 2.67. The van der Waals surface area contributed by atoms with Crippen molar-refractivity contribution in [2.45, 2.75) is 46.6 Å². The van der Waals surface area contributed by atoms with E-state index in [4.69, 9.17) is 0 Å². The normalized spacial score (nSPS) is 20.7. The fourth-order valence-electron chi connectivity index (χ4n) is 2.01. The van der Waals surface area contributed by atoms with Crippen LogP contribution in [0.2, 0.25) is 0 Å². The molecule has 1 heterocycles. The van der Waals surface area contributed by atoms with E-state index in [1.807, 2.05) is 0 Å². The van der Waals surface area contributed by atoms with Gasteiger partial charge in [-0.2, -0.15) is 0 Å². The van der Waals surface area contributed by atoms with Crippen molar-refractivity contribution in [3.05, 3.63) is 0 Å². The molecule has 102 valence electrons. The van der Waals surface area contributed by atoms with E-state index in [0.29, 0.717) is 0 Å². The molecule has 5 heteroatoms. The van der Waals surface area contributed by atoms with Crippen LogP contribution in [0.1, 0.15) is 40.5 Å². The largest absolute Gasteiger partial charge is 0.302 e. The summed E-state index contributed by atoms with van der Waals surface area (Å²) in [5.74, 6) is 0.152. The molecular formula is C12H26N2O2S. The summed E-state index contributed by atoms with van der Waals surface area (Å²) in [6.07, 6.45) is 2.47. The van der Waals surface area contributed by atoms with Gasteiger partial charge >= 0.3 is 0 Å². The monoisotopic (exact) mass is 262 g/mol. The third-order valence-corrected chi connectivity index (χ3v) is 4.79. The van der Waals surface area contributed by atoms with Crippen molar-refractivity contribution in [1.82, 2.24) is 9.62 Å². The summed E-state index contributed by atoms with van der Waals surface area (Å²) in [5.41, 5.74) is -0.0508. The van der Waals surface area contributed by atoms with Gasteiger partial charge in [0, 0.05) is 12.6 Å². The lowest BCUT2D eigenvalue weighted by molar-refractivity contribution is 0.214. The van der Waals surface area contributed by atoms with Gasteiger partial charge in [0.25, 0.3) is 0 Å². The summed E-state index contributed by atoms with van der Waals surface area (Å²) in [7, 11) is -3.12. The first kappa shape index (κ1) is 14.9. The highest BCUT2D eigenvalue weighted by molar-refractivity contribution is 7.89. The molecule has 1 rings (SSSR count). The Bertz CT molecular complexity index is 327. The predicted molar refractivity (Wildman–Crippen MR) is 71.5 cm³/mol. The lowest BCUT2D eigenvalue weighted by atomic mass is 9.87. The first-order chi connectivity index (χ1) is 7.74. The molecule has 1 fully saturated rings. The molecule has 0 radical (unpaired) electrons. The Kier molecular flexibility index (Phi) is 4.98. The third kappa shape index (κ3) is 4.94. The van der Waals surface area contributed by atoms with Crippen LogP contribution in [-0.4, -0.2) is 44.7 Å². The highest BCUT2D eigenvalue weighted by Crippen LogP contribution is 2.22. The minimum Gasteiger partial charge on any atom is -0.302 e. The SMILES string of the molecule is CCS(=O)(=O)NC(CN1CCCC1)C(C)(C)C. The van der Waals surface area contributed by atoms with E-state index in [9.17, 15) is 8.42 Å². The Labute approximate surface area is 106 Å². The molecule has 1 saturated heterocycles. The molecule has 0 aromatic carbocycles. The summed E-state index contributed by atoms with van der Waals surface area (Å²) < 4.78 is 26.2. The summed E-state index contributed by atoms with van der Waals surface area (Å²) in [6, 6.07) is -0.00875. The van der Waals surface area contributed by atoms with Crippen molar-refractivity contribution in [1.29, 1.82) is 0 Å². The van der Waals surface area contributed by atoms with Crippen LogP contribution >= 0.6 is 0 Å². The van der Waals surface area contributed by atoms with Crippen LogP contribution in [0.3, 0.4) is 0 Å². The maximum Gasteiger partial charge on any atom is 0.211 e. The zero-order chi connectivity index (χ0) is 13.1. The highest BCUT2D eigenvalue weighted by Gasteiger charge is 2.30. The van der Waals surface area contributed by atoms with E-state index in [-0.39, 0.29) is 17.2 Å². The highest BCUT2D eigenvalue weighted by atomic mass is 32.2. The Morgan fingerprint density at radius 3 is 2.18 bits per heavy atom. The van der Waals surface area contributed by atoms with Crippen molar-refractivity contribution in [3.8, 4) is 0 Å². The van der Waals surface area contributed by atoms with Crippen LogP contribution in [0.5, 0.6) is 0 Å². The number of nitrogens with zero attached hydrogens (tertiary/aromatic N) is 1. The Morgan fingerprint density at radius 1 is 1.24 bits per heavy atom. The van der Waals surface area contributed by atoms with Crippen molar-refractivity contribution < 1.29 is 8.42 Å². The summed E-state index contributed by atoms with van der Waals surface area (Å²) in [4.78, 5) is 2.36. The molecule has 0 aromatic heterocycles. The average molecular weight is 262 g/mol. The quantitative estimate of drug-likeness (QED) is 0.815. The Hall–Kier alpha value is -0.130. The predicted octanol–water partition coefficient (Wildman–Crippen LogP) is 1.44. The van der Waals surface area contributed by atoms with Crippen LogP contribution in [0.25, 0.3) is 0 Å². The maximum atomic E-state index is 11.7. The molecule has 0 amide bonds. The maximum absolute atomic E-state index is 11.7. The van der Waals surface area contributed by atoms with Gasteiger partial charge in [0.1, 0.15) is 0 Å². The minimum atomic E-state index is -3.12. The number of likely N-dealkylation sites (tertiary alicyclic amines) is 1. The van der Waals surface area contributed by atoms with E-state index in [0.717, 1.165) is 19.6 Å². The molecule has 17 heavy (non-hydrogen) atoms. The molecule has 1 aliphatic rings.